The summed E-state index contributed by atoms with van der Waals surface area (Å²) < 4.78 is 0. The molecule has 0 atom stereocenters. The first-order valence-electron chi connectivity index (χ1n) is 8.12. The molecule has 1 amide bonds. The summed E-state index contributed by atoms with van der Waals surface area (Å²) in [7, 11) is 0. The Labute approximate surface area is 133 Å². The number of carbonyl (C=O) groups is 1. The monoisotopic (exact) mass is 304 g/mol. The third-order valence-electron chi connectivity index (χ3n) is 4.34. The maximum atomic E-state index is 12.3. The van der Waals surface area contributed by atoms with Crippen LogP contribution < -0.4 is 5.32 Å². The smallest absolute Gasteiger partial charge is 0.238 e. The Morgan fingerprint density at radius 3 is 2.50 bits per heavy atom. The Balaban J connectivity index is 1.93. The first-order chi connectivity index (χ1) is 10.4. The van der Waals surface area contributed by atoms with Crippen molar-refractivity contribution in [1.82, 2.24) is 4.90 Å². The summed E-state index contributed by atoms with van der Waals surface area (Å²) in [5.74, 6) is 0.445. The van der Waals surface area contributed by atoms with Crippen LogP contribution >= 0.6 is 0 Å². The predicted molar refractivity (Wildman–Crippen MR) is 90.0 cm³/mol. The molecule has 4 heteroatoms. The maximum Gasteiger partial charge on any atom is 0.238 e. The van der Waals surface area contributed by atoms with Crippen molar-refractivity contribution in [1.29, 1.82) is 0 Å². The number of benzene rings is 1. The average Bonchev–Trinajstić information content (AvgIpc) is 2.47. The van der Waals surface area contributed by atoms with Crippen molar-refractivity contribution < 1.29 is 9.90 Å². The van der Waals surface area contributed by atoms with Crippen molar-refractivity contribution in [3.05, 3.63) is 29.8 Å². The zero-order valence-corrected chi connectivity index (χ0v) is 13.9. The fraction of sp³-hybridized carbons (Fsp3) is 0.611. The lowest BCUT2D eigenvalue weighted by Crippen LogP contribution is -2.40. The molecule has 0 bridgehead atoms. The van der Waals surface area contributed by atoms with E-state index in [1.807, 2.05) is 18.2 Å². The van der Waals surface area contributed by atoms with Crippen LogP contribution in [0.15, 0.2) is 24.3 Å². The van der Waals surface area contributed by atoms with Gasteiger partial charge in [0.2, 0.25) is 5.91 Å². The van der Waals surface area contributed by atoms with Crippen LogP contribution in [0.4, 0.5) is 5.69 Å². The molecule has 2 N–H and O–H groups in total. The van der Waals surface area contributed by atoms with Gasteiger partial charge in [-0.05, 0) is 48.9 Å². The highest BCUT2D eigenvalue weighted by Crippen LogP contribution is 2.29. The van der Waals surface area contributed by atoms with Crippen LogP contribution in [-0.2, 0) is 10.2 Å². The molecule has 0 unspecified atom stereocenters. The zero-order valence-electron chi connectivity index (χ0n) is 13.9. The van der Waals surface area contributed by atoms with Crippen LogP contribution in [-0.4, -0.2) is 42.2 Å². The van der Waals surface area contributed by atoms with Crippen molar-refractivity contribution in [3.63, 3.8) is 0 Å². The van der Waals surface area contributed by atoms with Crippen molar-refractivity contribution >= 4 is 11.6 Å². The number of aliphatic hydroxyl groups is 1. The van der Waals surface area contributed by atoms with Gasteiger partial charge in [0.05, 0.1) is 6.54 Å². The molecule has 1 aromatic rings. The molecule has 0 saturated carbocycles. The number of hydrogen-bond acceptors (Lipinski definition) is 3. The number of carbonyl (C=O) groups excluding carboxylic acids is 1. The van der Waals surface area contributed by atoms with E-state index in [1.165, 1.54) is 0 Å². The molecule has 1 saturated heterocycles. The van der Waals surface area contributed by atoms with Crippen LogP contribution in [0.5, 0.6) is 0 Å². The van der Waals surface area contributed by atoms with E-state index in [0.717, 1.165) is 37.2 Å². The van der Waals surface area contributed by atoms with Crippen LogP contribution in [0.2, 0.25) is 0 Å². The van der Waals surface area contributed by atoms with E-state index in [4.69, 9.17) is 5.11 Å². The first-order valence-corrected chi connectivity index (χ1v) is 8.12. The molecule has 1 heterocycles. The minimum absolute atomic E-state index is 0.00332. The fourth-order valence-electron chi connectivity index (χ4n) is 2.97. The van der Waals surface area contributed by atoms with Crippen LogP contribution in [0, 0.1) is 5.92 Å². The van der Waals surface area contributed by atoms with Gasteiger partial charge in [0.1, 0.15) is 0 Å². The van der Waals surface area contributed by atoms with Gasteiger partial charge in [0.25, 0.3) is 0 Å². The second kappa shape index (κ2) is 7.25. The minimum atomic E-state index is 0.00332. The van der Waals surface area contributed by atoms with Crippen LogP contribution in [0.25, 0.3) is 0 Å². The third kappa shape index (κ3) is 4.55. The van der Waals surface area contributed by atoms with Gasteiger partial charge in [-0.25, -0.2) is 0 Å². The number of amides is 1. The summed E-state index contributed by atoms with van der Waals surface area (Å²) in [6.07, 6.45) is 1.95. The second-order valence-electron chi connectivity index (χ2n) is 7.25. The van der Waals surface area contributed by atoms with Gasteiger partial charge in [-0.2, -0.15) is 0 Å². The molecular formula is C18H28N2O2. The van der Waals surface area contributed by atoms with E-state index in [2.05, 4.69) is 37.1 Å². The summed E-state index contributed by atoms with van der Waals surface area (Å²) in [5.41, 5.74) is 2.07. The maximum absolute atomic E-state index is 12.3. The van der Waals surface area contributed by atoms with Gasteiger partial charge in [-0.15, -0.1) is 0 Å². The zero-order chi connectivity index (χ0) is 16.2. The highest BCUT2D eigenvalue weighted by molar-refractivity contribution is 5.93. The first kappa shape index (κ1) is 17.0. The van der Waals surface area contributed by atoms with E-state index in [1.54, 1.807) is 0 Å². The normalized spacial score (nSPS) is 17.5. The summed E-state index contributed by atoms with van der Waals surface area (Å²) in [5, 5.41) is 12.2. The summed E-state index contributed by atoms with van der Waals surface area (Å²) in [6.45, 7) is 8.92. The van der Waals surface area contributed by atoms with E-state index in [9.17, 15) is 4.79 Å². The number of rotatable bonds is 4. The minimum Gasteiger partial charge on any atom is -0.396 e. The topological polar surface area (TPSA) is 52.6 Å². The van der Waals surface area contributed by atoms with E-state index in [-0.39, 0.29) is 17.9 Å². The van der Waals surface area contributed by atoms with Crippen molar-refractivity contribution in [2.24, 2.45) is 5.92 Å². The van der Waals surface area contributed by atoms with Crippen LogP contribution in [0.1, 0.15) is 39.2 Å². The Kier molecular flexibility index (Phi) is 5.59. The molecule has 4 nitrogen and oxygen atoms in total. The number of nitrogens with zero attached hydrogens (tertiary/aromatic N) is 1. The number of para-hydroxylation sites is 1. The number of hydrogen-bond donors (Lipinski definition) is 2. The summed E-state index contributed by atoms with van der Waals surface area (Å²) >= 11 is 0. The molecule has 22 heavy (non-hydrogen) atoms. The fourth-order valence-corrected chi connectivity index (χ4v) is 2.97. The SMILES string of the molecule is CC(C)(C)c1ccccc1NC(=O)CN1CCC(CO)CC1. The van der Waals surface area contributed by atoms with Crippen molar-refractivity contribution in [2.45, 2.75) is 39.0 Å². The molecule has 1 aliphatic heterocycles. The summed E-state index contributed by atoms with van der Waals surface area (Å²) in [6, 6.07) is 8.01. The van der Waals surface area contributed by atoms with Crippen LogP contribution in [0.3, 0.4) is 0 Å². The Morgan fingerprint density at radius 1 is 1.27 bits per heavy atom. The molecule has 1 fully saturated rings. The van der Waals surface area contributed by atoms with Crippen molar-refractivity contribution in [2.75, 3.05) is 31.6 Å². The van der Waals surface area contributed by atoms with E-state index in [0.29, 0.717) is 12.5 Å². The number of aliphatic hydroxyl groups excluding tert-OH is 1. The molecule has 0 radical (unpaired) electrons. The Hall–Kier alpha value is -1.39. The van der Waals surface area contributed by atoms with Gasteiger partial charge < -0.3 is 10.4 Å². The molecule has 2 rings (SSSR count). The summed E-state index contributed by atoms with van der Waals surface area (Å²) in [4.78, 5) is 14.5. The van der Waals surface area contributed by atoms with Gasteiger partial charge in [-0.1, -0.05) is 39.0 Å². The van der Waals surface area contributed by atoms with E-state index >= 15 is 0 Å². The largest absolute Gasteiger partial charge is 0.396 e. The van der Waals surface area contributed by atoms with Gasteiger partial charge >= 0.3 is 0 Å². The molecular weight excluding hydrogens is 276 g/mol. The lowest BCUT2D eigenvalue weighted by Gasteiger charge is -2.30. The molecule has 122 valence electrons. The van der Waals surface area contributed by atoms with Crippen molar-refractivity contribution in [3.8, 4) is 0 Å². The van der Waals surface area contributed by atoms with Gasteiger partial charge in [0, 0.05) is 12.3 Å². The quantitative estimate of drug-likeness (QED) is 0.899. The highest BCUT2D eigenvalue weighted by atomic mass is 16.3. The lowest BCUT2D eigenvalue weighted by atomic mass is 9.86. The van der Waals surface area contributed by atoms with Gasteiger partial charge in [-0.3, -0.25) is 9.69 Å². The Morgan fingerprint density at radius 2 is 1.91 bits per heavy atom. The molecule has 1 aromatic carbocycles. The molecule has 1 aliphatic rings. The number of piperidine rings is 1. The standard InChI is InChI=1S/C18H28N2O2/c1-18(2,3)15-6-4-5-7-16(15)19-17(22)12-20-10-8-14(13-21)9-11-20/h4-7,14,21H,8-13H2,1-3H3,(H,19,22). The number of likely N-dealkylation sites (tertiary alicyclic amines) is 1. The molecule has 0 spiro atoms. The average molecular weight is 304 g/mol. The third-order valence-corrected chi connectivity index (χ3v) is 4.34. The molecule has 0 aliphatic carbocycles. The Bertz CT molecular complexity index is 500. The molecule has 0 aromatic heterocycles. The van der Waals surface area contributed by atoms with E-state index < -0.39 is 0 Å². The van der Waals surface area contributed by atoms with Gasteiger partial charge in [0.15, 0.2) is 0 Å². The second-order valence-corrected chi connectivity index (χ2v) is 7.25. The number of nitrogens with one attached hydrogen (secondary N) is 1. The predicted octanol–water partition coefficient (Wildman–Crippen LogP) is 2.63. The highest BCUT2D eigenvalue weighted by Gasteiger charge is 2.22. The number of anilines is 1. The lowest BCUT2D eigenvalue weighted by molar-refractivity contribution is -0.117.